The maximum absolute atomic E-state index is 13.4. The first-order chi connectivity index (χ1) is 17.9. The Balaban J connectivity index is 1.68. The monoisotopic (exact) mass is 550 g/mol. The molecule has 12 nitrogen and oxygen atoms in total. The number of fused-ring (bicyclic) bond motifs is 2. The summed E-state index contributed by atoms with van der Waals surface area (Å²) in [4.78, 5) is 51.9. The highest BCUT2D eigenvalue weighted by Crippen LogP contribution is 2.72. The number of carboxylic acid groups (broad SMARTS) is 1. The van der Waals surface area contributed by atoms with E-state index in [1.54, 1.807) is 13.8 Å². The summed E-state index contributed by atoms with van der Waals surface area (Å²) in [6, 6.07) is 0. The molecule has 0 amide bonds. The van der Waals surface area contributed by atoms with E-state index < -0.39 is 93.7 Å². The zero-order valence-corrected chi connectivity index (χ0v) is 22.3. The van der Waals surface area contributed by atoms with Crippen molar-refractivity contribution in [2.45, 2.75) is 83.1 Å². The van der Waals surface area contributed by atoms with Crippen LogP contribution in [0.2, 0.25) is 0 Å². The molecule has 0 aromatic heterocycles. The molecule has 0 radical (unpaired) electrons. The first kappa shape index (κ1) is 27.8. The molecule has 3 aliphatic carbocycles. The topological polar surface area (TPSA) is 197 Å². The van der Waals surface area contributed by atoms with Gasteiger partial charge in [-0.25, -0.2) is 14.4 Å². The van der Waals surface area contributed by atoms with Crippen LogP contribution in [-0.4, -0.2) is 91.4 Å². The minimum atomic E-state index is -2.51. The number of carboxylic acids is 1. The third kappa shape index (κ3) is 3.38. The van der Waals surface area contributed by atoms with Crippen molar-refractivity contribution in [1.29, 1.82) is 0 Å². The first-order valence-corrected chi connectivity index (χ1v) is 12.9. The molecule has 10 atom stereocenters. The molecule has 0 aromatic carbocycles. The number of ketones is 1. The molecule has 2 saturated heterocycles. The van der Waals surface area contributed by atoms with E-state index in [1.807, 2.05) is 0 Å². The largest absolute Gasteiger partial charge is 0.504 e. The molecular formula is C27H34O12. The summed E-state index contributed by atoms with van der Waals surface area (Å²) in [5.41, 5.74) is -5.85. The molecular weight excluding hydrogens is 516 g/mol. The summed E-state index contributed by atoms with van der Waals surface area (Å²) < 4.78 is 17.2. The molecule has 4 fully saturated rings. The number of ether oxygens (including phenoxy) is 3. The molecule has 1 spiro atoms. The van der Waals surface area contributed by atoms with Crippen LogP contribution in [0.25, 0.3) is 0 Å². The van der Waals surface area contributed by atoms with Crippen LogP contribution in [0.1, 0.15) is 47.5 Å². The van der Waals surface area contributed by atoms with E-state index in [9.17, 15) is 44.7 Å². The maximum Gasteiger partial charge on any atom is 0.348 e. The van der Waals surface area contributed by atoms with Gasteiger partial charge in [0.15, 0.2) is 11.5 Å². The van der Waals surface area contributed by atoms with Gasteiger partial charge in [-0.05, 0) is 56.6 Å². The lowest BCUT2D eigenvalue weighted by molar-refractivity contribution is -0.289. The third-order valence-electron chi connectivity index (χ3n) is 10.2. The number of hydrogen-bond acceptors (Lipinski definition) is 11. The Bertz CT molecular complexity index is 1230. The van der Waals surface area contributed by atoms with Crippen molar-refractivity contribution < 1.29 is 58.9 Å². The molecule has 5 aliphatic rings. The number of Topliss-reactive ketones (excluding diaryl/α,β-unsaturated/α-hetero) is 1. The van der Waals surface area contributed by atoms with Gasteiger partial charge in [0, 0.05) is 23.8 Å². The van der Waals surface area contributed by atoms with E-state index in [0.29, 0.717) is 5.57 Å². The van der Waals surface area contributed by atoms with Crippen LogP contribution in [0.5, 0.6) is 0 Å². The fourth-order valence-electron chi connectivity index (χ4n) is 8.22. The molecule has 2 saturated carbocycles. The summed E-state index contributed by atoms with van der Waals surface area (Å²) in [7, 11) is 0. The van der Waals surface area contributed by atoms with E-state index >= 15 is 0 Å². The quantitative estimate of drug-likeness (QED) is 0.235. The number of hydrogen-bond donors (Lipinski definition) is 5. The summed E-state index contributed by atoms with van der Waals surface area (Å²) in [5.74, 6) is -7.72. The van der Waals surface area contributed by atoms with Gasteiger partial charge in [-0.1, -0.05) is 6.92 Å². The minimum absolute atomic E-state index is 0.0959. The molecule has 214 valence electrons. The molecule has 2 aliphatic heterocycles. The van der Waals surface area contributed by atoms with Gasteiger partial charge >= 0.3 is 17.9 Å². The summed E-state index contributed by atoms with van der Waals surface area (Å²) >= 11 is 0. The number of carbonyl (C=O) groups excluding carboxylic acids is 3. The number of allylic oxidation sites excluding steroid dienone is 2. The molecule has 12 heteroatoms. The zero-order chi connectivity index (χ0) is 29.0. The molecule has 39 heavy (non-hydrogen) atoms. The van der Waals surface area contributed by atoms with Crippen molar-refractivity contribution in [3.8, 4) is 0 Å². The number of aliphatic hydroxyl groups excluding tert-OH is 3. The predicted molar refractivity (Wildman–Crippen MR) is 129 cm³/mol. The van der Waals surface area contributed by atoms with E-state index in [-0.39, 0.29) is 25.0 Å². The lowest BCUT2D eigenvalue weighted by atomic mass is 9.38. The Morgan fingerprint density at radius 3 is 2.41 bits per heavy atom. The van der Waals surface area contributed by atoms with Crippen LogP contribution in [0, 0.1) is 28.6 Å². The molecule has 10 unspecified atom stereocenters. The van der Waals surface area contributed by atoms with Gasteiger partial charge in [0.2, 0.25) is 11.7 Å². The Labute approximate surface area is 224 Å². The highest BCUT2D eigenvalue weighted by atomic mass is 16.6. The molecule has 5 N–H and O–H groups in total. The normalized spacial score (nSPS) is 45.3. The maximum atomic E-state index is 13.4. The Morgan fingerprint density at radius 1 is 1.18 bits per heavy atom. The standard InChI is InChI=1S/C27H34O12/c1-10(24(3,4)36)6-15(29)39-18-20-26-9-37-27(20,23(34)35)21(32)17(31)19(26)25(5)8-13(28)16(30)11(2)12(25)7-14(26)38-22(18)33/h6,12,14,17-21,30-32,36H,7-9H2,1-5H3,(H,34,35)/b10-6+. The molecule has 2 heterocycles. The second-order valence-electron chi connectivity index (χ2n) is 12.5. The average molecular weight is 551 g/mol. The minimum Gasteiger partial charge on any atom is -0.504 e. The van der Waals surface area contributed by atoms with E-state index in [4.69, 9.17) is 14.2 Å². The number of rotatable bonds is 4. The van der Waals surface area contributed by atoms with Gasteiger partial charge in [0.1, 0.15) is 12.2 Å². The SMILES string of the molecule is CC1=C(O)C(=O)CC2(C)C1CC1OC(=O)C(OC(=O)/C=C(\C)C(C)(C)O)C3C4(C(=O)O)OCC13C2C(O)C4O. The number of aliphatic carboxylic acids is 1. The van der Waals surface area contributed by atoms with Gasteiger partial charge in [0.25, 0.3) is 0 Å². The van der Waals surface area contributed by atoms with Crippen LogP contribution in [0.15, 0.2) is 23.0 Å². The van der Waals surface area contributed by atoms with Gasteiger partial charge in [0.05, 0.1) is 24.2 Å². The Kier molecular flexibility index (Phi) is 5.95. The average Bonchev–Trinajstić information content (AvgIpc) is 3.13. The van der Waals surface area contributed by atoms with Crippen molar-refractivity contribution >= 4 is 23.7 Å². The van der Waals surface area contributed by atoms with Crippen LogP contribution in [-0.2, 0) is 33.4 Å². The fraction of sp³-hybridized carbons (Fsp3) is 0.704. The van der Waals surface area contributed by atoms with E-state index in [2.05, 4.69) is 0 Å². The summed E-state index contributed by atoms with van der Waals surface area (Å²) in [6.07, 6.45) is -5.74. The summed E-state index contributed by atoms with van der Waals surface area (Å²) in [6.45, 7) is 7.33. The van der Waals surface area contributed by atoms with E-state index in [0.717, 1.165) is 6.08 Å². The smallest absolute Gasteiger partial charge is 0.348 e. The lowest BCUT2D eigenvalue weighted by Gasteiger charge is -2.67. The lowest BCUT2D eigenvalue weighted by Crippen LogP contribution is -2.79. The summed E-state index contributed by atoms with van der Waals surface area (Å²) in [5, 5.41) is 53.9. The van der Waals surface area contributed by atoms with Gasteiger partial charge in [-0.15, -0.1) is 0 Å². The van der Waals surface area contributed by atoms with Gasteiger partial charge in [-0.2, -0.15) is 0 Å². The molecule has 5 rings (SSSR count). The third-order valence-corrected chi connectivity index (χ3v) is 10.2. The molecule has 0 aromatic rings. The Morgan fingerprint density at radius 2 is 1.82 bits per heavy atom. The highest BCUT2D eigenvalue weighted by molar-refractivity contribution is 5.95. The number of esters is 2. The van der Waals surface area contributed by atoms with Crippen molar-refractivity contribution in [1.82, 2.24) is 0 Å². The zero-order valence-electron chi connectivity index (χ0n) is 22.3. The number of carbonyl (C=O) groups is 4. The molecule has 2 bridgehead atoms. The van der Waals surface area contributed by atoms with Crippen LogP contribution < -0.4 is 0 Å². The van der Waals surface area contributed by atoms with Crippen LogP contribution >= 0.6 is 0 Å². The van der Waals surface area contributed by atoms with Gasteiger partial charge < -0.3 is 39.7 Å². The number of aliphatic hydroxyl groups is 4. The highest BCUT2D eigenvalue weighted by Gasteiger charge is 2.85. The predicted octanol–water partition coefficient (Wildman–Crippen LogP) is 0.180. The second kappa shape index (κ2) is 8.35. The Hall–Kier alpha value is -2.80. The van der Waals surface area contributed by atoms with Crippen molar-refractivity contribution in [2.75, 3.05) is 6.61 Å². The second-order valence-corrected chi connectivity index (χ2v) is 12.5. The van der Waals surface area contributed by atoms with Gasteiger partial charge in [-0.3, -0.25) is 4.79 Å². The van der Waals surface area contributed by atoms with Crippen molar-refractivity contribution in [3.05, 3.63) is 23.0 Å². The van der Waals surface area contributed by atoms with Crippen LogP contribution in [0.4, 0.5) is 0 Å². The fourth-order valence-corrected chi connectivity index (χ4v) is 8.22. The van der Waals surface area contributed by atoms with E-state index in [1.165, 1.54) is 20.8 Å². The van der Waals surface area contributed by atoms with Crippen molar-refractivity contribution in [2.24, 2.45) is 28.6 Å². The van der Waals surface area contributed by atoms with Crippen LogP contribution in [0.3, 0.4) is 0 Å². The van der Waals surface area contributed by atoms with Crippen molar-refractivity contribution in [3.63, 3.8) is 0 Å². The first-order valence-electron chi connectivity index (χ1n) is 12.9.